The zero-order valence-electron chi connectivity index (χ0n) is 8.84. The van der Waals surface area contributed by atoms with Gasteiger partial charge in [0.2, 0.25) is 0 Å². The topological polar surface area (TPSA) is 112 Å². The van der Waals surface area contributed by atoms with Gasteiger partial charge in [-0.2, -0.15) is 0 Å². The SMILES string of the molecule is CC(C)O.N[C@@H](Cc1cnc[nH]1)C(=O)O. The van der Waals surface area contributed by atoms with Crippen LogP contribution in [0.1, 0.15) is 19.5 Å². The third kappa shape index (κ3) is 7.65. The molecule has 6 heteroatoms. The van der Waals surface area contributed by atoms with Crippen LogP contribution in [0.15, 0.2) is 12.5 Å². The Balaban J connectivity index is 0.000000423. The molecular formula is C9H17N3O3. The number of aliphatic hydroxyl groups excluding tert-OH is 1. The van der Waals surface area contributed by atoms with E-state index in [0.717, 1.165) is 5.69 Å². The molecule has 1 aromatic rings. The largest absolute Gasteiger partial charge is 0.480 e. The summed E-state index contributed by atoms with van der Waals surface area (Å²) < 4.78 is 0. The van der Waals surface area contributed by atoms with Crippen molar-refractivity contribution in [3.8, 4) is 0 Å². The average molecular weight is 215 g/mol. The minimum absolute atomic E-state index is 0.167. The maximum absolute atomic E-state index is 10.3. The molecule has 0 aromatic carbocycles. The molecule has 0 radical (unpaired) electrons. The Morgan fingerprint density at radius 1 is 1.67 bits per heavy atom. The molecule has 0 unspecified atom stereocenters. The van der Waals surface area contributed by atoms with E-state index in [1.54, 1.807) is 20.0 Å². The molecule has 86 valence electrons. The second-order valence-corrected chi connectivity index (χ2v) is 3.32. The molecule has 0 saturated carbocycles. The predicted octanol–water partition coefficient (Wildman–Crippen LogP) is -0.249. The minimum atomic E-state index is -1.00. The van der Waals surface area contributed by atoms with Crippen molar-refractivity contribution in [2.24, 2.45) is 5.73 Å². The first kappa shape index (κ1) is 13.6. The number of hydrogen-bond donors (Lipinski definition) is 4. The summed E-state index contributed by atoms with van der Waals surface area (Å²) in [7, 11) is 0. The van der Waals surface area contributed by atoms with Gasteiger partial charge in [-0.25, -0.2) is 4.98 Å². The van der Waals surface area contributed by atoms with Crippen LogP contribution >= 0.6 is 0 Å². The summed E-state index contributed by atoms with van der Waals surface area (Å²) in [5.74, 6) is -1.00. The first-order valence-corrected chi connectivity index (χ1v) is 4.57. The van der Waals surface area contributed by atoms with Crippen LogP contribution in [-0.4, -0.2) is 38.3 Å². The molecule has 5 N–H and O–H groups in total. The van der Waals surface area contributed by atoms with E-state index in [9.17, 15) is 4.79 Å². The number of carboxylic acid groups (broad SMARTS) is 1. The van der Waals surface area contributed by atoms with E-state index < -0.39 is 12.0 Å². The number of carbonyl (C=O) groups is 1. The molecule has 0 aliphatic carbocycles. The monoisotopic (exact) mass is 215 g/mol. The van der Waals surface area contributed by atoms with Crippen LogP contribution in [0, 0.1) is 0 Å². The molecule has 0 fully saturated rings. The lowest BCUT2D eigenvalue weighted by Crippen LogP contribution is -2.32. The lowest BCUT2D eigenvalue weighted by molar-refractivity contribution is -0.138. The predicted molar refractivity (Wildman–Crippen MR) is 55.3 cm³/mol. The highest BCUT2D eigenvalue weighted by Crippen LogP contribution is 1.95. The Morgan fingerprint density at radius 2 is 2.20 bits per heavy atom. The summed E-state index contributed by atoms with van der Waals surface area (Å²) in [5.41, 5.74) is 6.00. The Bertz CT molecular complexity index is 269. The van der Waals surface area contributed by atoms with Crippen molar-refractivity contribution in [2.75, 3.05) is 0 Å². The number of aliphatic carboxylic acids is 1. The van der Waals surface area contributed by atoms with E-state index in [-0.39, 0.29) is 12.5 Å². The smallest absolute Gasteiger partial charge is 0.320 e. The summed E-state index contributed by atoms with van der Waals surface area (Å²) in [6.07, 6.45) is 3.17. The van der Waals surface area contributed by atoms with E-state index in [2.05, 4.69) is 9.97 Å². The summed E-state index contributed by atoms with van der Waals surface area (Å²) >= 11 is 0. The summed E-state index contributed by atoms with van der Waals surface area (Å²) in [6.45, 7) is 3.44. The van der Waals surface area contributed by atoms with Crippen LogP contribution in [0.3, 0.4) is 0 Å². The number of aromatic amines is 1. The van der Waals surface area contributed by atoms with Crippen LogP contribution in [0.5, 0.6) is 0 Å². The number of aromatic nitrogens is 2. The number of nitrogens with one attached hydrogen (secondary N) is 1. The number of hydrogen-bond acceptors (Lipinski definition) is 4. The van der Waals surface area contributed by atoms with Crippen molar-refractivity contribution in [3.63, 3.8) is 0 Å². The second kappa shape index (κ2) is 6.97. The Hall–Kier alpha value is -1.40. The van der Waals surface area contributed by atoms with Crippen molar-refractivity contribution in [3.05, 3.63) is 18.2 Å². The molecule has 1 aromatic heterocycles. The number of nitrogens with two attached hydrogens (primary N) is 1. The van der Waals surface area contributed by atoms with Crippen molar-refractivity contribution in [1.29, 1.82) is 0 Å². The van der Waals surface area contributed by atoms with Gasteiger partial charge >= 0.3 is 5.97 Å². The average Bonchev–Trinajstić information content (AvgIpc) is 2.55. The van der Waals surface area contributed by atoms with Gasteiger partial charge in [-0.1, -0.05) is 0 Å². The van der Waals surface area contributed by atoms with Gasteiger partial charge in [-0.05, 0) is 13.8 Å². The standard InChI is InChI=1S/C6H9N3O2.C3H8O/c7-5(6(10)11)1-4-2-8-3-9-4;1-3(2)4/h2-3,5H,1,7H2,(H,8,9)(H,10,11);3-4H,1-2H3/t5-;/m0./s1. The number of H-pyrrole nitrogens is 1. The molecule has 0 spiro atoms. The number of nitrogens with zero attached hydrogens (tertiary/aromatic N) is 1. The highest BCUT2D eigenvalue weighted by atomic mass is 16.4. The molecule has 6 nitrogen and oxygen atoms in total. The maximum atomic E-state index is 10.3. The van der Waals surface area contributed by atoms with Crippen LogP contribution in [0.25, 0.3) is 0 Å². The quantitative estimate of drug-likeness (QED) is 0.555. The molecular weight excluding hydrogens is 198 g/mol. The van der Waals surface area contributed by atoms with Gasteiger partial charge in [-0.15, -0.1) is 0 Å². The van der Waals surface area contributed by atoms with Crippen molar-refractivity contribution in [2.45, 2.75) is 32.4 Å². The number of aliphatic hydroxyl groups is 1. The van der Waals surface area contributed by atoms with Crippen molar-refractivity contribution in [1.82, 2.24) is 9.97 Å². The Labute approximate surface area is 88.1 Å². The highest BCUT2D eigenvalue weighted by molar-refractivity contribution is 5.73. The van der Waals surface area contributed by atoms with Gasteiger partial charge in [0.1, 0.15) is 6.04 Å². The minimum Gasteiger partial charge on any atom is -0.480 e. The lowest BCUT2D eigenvalue weighted by atomic mass is 10.2. The Morgan fingerprint density at radius 3 is 2.53 bits per heavy atom. The van der Waals surface area contributed by atoms with Gasteiger partial charge < -0.3 is 20.9 Å². The third-order valence-electron chi connectivity index (χ3n) is 1.31. The summed E-state index contributed by atoms with van der Waals surface area (Å²) in [5, 5.41) is 16.5. The molecule has 1 rings (SSSR count). The van der Waals surface area contributed by atoms with Crippen LogP contribution in [0.4, 0.5) is 0 Å². The number of carboxylic acids is 1. The van der Waals surface area contributed by atoms with E-state index in [1.165, 1.54) is 6.33 Å². The van der Waals surface area contributed by atoms with E-state index in [4.69, 9.17) is 15.9 Å². The van der Waals surface area contributed by atoms with Crippen LogP contribution in [-0.2, 0) is 11.2 Å². The third-order valence-corrected chi connectivity index (χ3v) is 1.31. The first-order chi connectivity index (χ1) is 6.93. The molecule has 0 aliphatic rings. The molecule has 0 bridgehead atoms. The maximum Gasteiger partial charge on any atom is 0.320 e. The number of imidazole rings is 1. The van der Waals surface area contributed by atoms with Gasteiger partial charge in [0.25, 0.3) is 0 Å². The first-order valence-electron chi connectivity index (χ1n) is 4.57. The van der Waals surface area contributed by atoms with Crippen LogP contribution < -0.4 is 5.73 Å². The molecule has 1 atom stereocenters. The van der Waals surface area contributed by atoms with Gasteiger partial charge in [-0.3, -0.25) is 4.79 Å². The molecule has 15 heavy (non-hydrogen) atoms. The zero-order valence-corrected chi connectivity index (χ0v) is 8.84. The fraction of sp³-hybridized carbons (Fsp3) is 0.556. The van der Waals surface area contributed by atoms with Crippen LogP contribution in [0.2, 0.25) is 0 Å². The van der Waals surface area contributed by atoms with E-state index in [1.807, 2.05) is 0 Å². The summed E-state index contributed by atoms with van der Waals surface area (Å²) in [4.78, 5) is 16.8. The second-order valence-electron chi connectivity index (χ2n) is 3.32. The Kier molecular flexibility index (Phi) is 6.32. The van der Waals surface area contributed by atoms with Crippen molar-refractivity contribution < 1.29 is 15.0 Å². The van der Waals surface area contributed by atoms with Crippen molar-refractivity contribution >= 4 is 5.97 Å². The number of rotatable bonds is 3. The molecule has 0 aliphatic heterocycles. The summed E-state index contributed by atoms with van der Waals surface area (Å²) in [6, 6.07) is -0.851. The zero-order chi connectivity index (χ0) is 11.8. The fourth-order valence-electron chi connectivity index (χ4n) is 0.721. The van der Waals surface area contributed by atoms with Gasteiger partial charge in [0, 0.05) is 24.4 Å². The van der Waals surface area contributed by atoms with Gasteiger partial charge in [0.05, 0.1) is 6.33 Å². The fourth-order valence-corrected chi connectivity index (χ4v) is 0.721. The van der Waals surface area contributed by atoms with Gasteiger partial charge in [0.15, 0.2) is 0 Å². The lowest BCUT2D eigenvalue weighted by Gasteiger charge is -2.02. The van der Waals surface area contributed by atoms with E-state index >= 15 is 0 Å². The highest BCUT2D eigenvalue weighted by Gasteiger charge is 2.11. The molecule has 0 amide bonds. The molecule has 1 heterocycles. The normalized spacial score (nSPS) is 11.8. The molecule has 0 saturated heterocycles. The van der Waals surface area contributed by atoms with E-state index in [0.29, 0.717) is 0 Å².